The third kappa shape index (κ3) is 1.63. The van der Waals surface area contributed by atoms with Crippen molar-refractivity contribution < 1.29 is 0 Å². The van der Waals surface area contributed by atoms with E-state index in [1.54, 1.807) is 10.9 Å². The molecule has 0 amide bonds. The molecular formula is C10H8Cl2N2. The van der Waals surface area contributed by atoms with Crippen LogP contribution in [0.4, 0.5) is 0 Å². The minimum atomic E-state index is 0.632. The van der Waals surface area contributed by atoms with Crippen LogP contribution < -0.4 is 0 Å². The first-order chi connectivity index (χ1) is 6.68. The maximum Gasteiger partial charge on any atom is 0.135 e. The summed E-state index contributed by atoms with van der Waals surface area (Å²) >= 11 is 11.8. The Kier molecular flexibility index (Phi) is 2.48. The first kappa shape index (κ1) is 9.56. The predicted molar refractivity (Wildman–Crippen MR) is 58.3 cm³/mol. The number of aryl methyl sites for hydroxylation is 1. The smallest absolute Gasteiger partial charge is 0.135 e. The highest BCUT2D eigenvalue weighted by Gasteiger charge is 2.05. The van der Waals surface area contributed by atoms with Gasteiger partial charge in [-0.3, -0.25) is 0 Å². The molecule has 72 valence electrons. The molecule has 1 heterocycles. The van der Waals surface area contributed by atoms with Crippen molar-refractivity contribution in [1.82, 2.24) is 9.78 Å². The van der Waals surface area contributed by atoms with E-state index in [1.165, 1.54) is 0 Å². The summed E-state index contributed by atoms with van der Waals surface area (Å²) in [6.45, 7) is 1.92. The zero-order valence-corrected chi connectivity index (χ0v) is 9.05. The van der Waals surface area contributed by atoms with E-state index in [4.69, 9.17) is 23.2 Å². The lowest BCUT2D eigenvalue weighted by Crippen LogP contribution is -1.95. The average Bonchev–Trinajstić information content (AvgIpc) is 2.50. The molecule has 4 heteroatoms. The minimum absolute atomic E-state index is 0.632. The van der Waals surface area contributed by atoms with Gasteiger partial charge in [-0.1, -0.05) is 23.2 Å². The highest BCUT2D eigenvalue weighted by atomic mass is 35.5. The minimum Gasteiger partial charge on any atom is -0.222 e. The van der Waals surface area contributed by atoms with Gasteiger partial charge in [0, 0.05) is 10.6 Å². The first-order valence-corrected chi connectivity index (χ1v) is 4.90. The van der Waals surface area contributed by atoms with E-state index in [-0.39, 0.29) is 0 Å². The number of rotatable bonds is 1. The summed E-state index contributed by atoms with van der Waals surface area (Å²) in [5, 5.41) is 5.49. The topological polar surface area (TPSA) is 17.8 Å². The number of hydrogen-bond donors (Lipinski definition) is 0. The molecule has 0 N–H and O–H groups in total. The molecule has 0 fully saturated rings. The molecule has 0 spiro atoms. The molecule has 0 aliphatic rings. The van der Waals surface area contributed by atoms with E-state index < -0.39 is 0 Å². The highest BCUT2D eigenvalue weighted by molar-refractivity contribution is 6.31. The zero-order valence-electron chi connectivity index (χ0n) is 7.54. The van der Waals surface area contributed by atoms with Crippen LogP contribution in [0.3, 0.4) is 0 Å². The number of aromatic nitrogens is 2. The van der Waals surface area contributed by atoms with E-state index in [2.05, 4.69) is 5.10 Å². The molecule has 0 radical (unpaired) electrons. The Morgan fingerprint density at radius 1 is 1.14 bits per heavy atom. The maximum atomic E-state index is 6.05. The van der Waals surface area contributed by atoms with Crippen molar-refractivity contribution in [2.45, 2.75) is 6.92 Å². The van der Waals surface area contributed by atoms with E-state index >= 15 is 0 Å². The molecule has 0 saturated heterocycles. The molecule has 2 aromatic rings. The molecule has 1 aromatic heterocycles. The third-order valence-electron chi connectivity index (χ3n) is 1.95. The van der Waals surface area contributed by atoms with Gasteiger partial charge in [-0.15, -0.1) is 0 Å². The fraction of sp³-hybridized carbons (Fsp3) is 0.100. The monoisotopic (exact) mass is 226 g/mol. The Labute approximate surface area is 92.1 Å². The van der Waals surface area contributed by atoms with E-state index in [9.17, 15) is 0 Å². The molecule has 2 rings (SSSR count). The molecule has 0 aliphatic carbocycles. The number of halogens is 2. The second kappa shape index (κ2) is 3.64. The lowest BCUT2D eigenvalue weighted by atomic mass is 10.3. The first-order valence-electron chi connectivity index (χ1n) is 4.14. The summed E-state index contributed by atoms with van der Waals surface area (Å²) in [6.07, 6.45) is 1.73. The van der Waals surface area contributed by atoms with Crippen molar-refractivity contribution in [2.24, 2.45) is 0 Å². The molecule has 0 saturated carbocycles. The van der Waals surface area contributed by atoms with Gasteiger partial charge in [0.15, 0.2) is 0 Å². The largest absolute Gasteiger partial charge is 0.222 e. The molecule has 14 heavy (non-hydrogen) atoms. The van der Waals surface area contributed by atoms with Gasteiger partial charge in [-0.25, -0.2) is 4.68 Å². The van der Waals surface area contributed by atoms with Gasteiger partial charge in [0.1, 0.15) is 5.15 Å². The second-order valence-corrected chi connectivity index (χ2v) is 3.80. The van der Waals surface area contributed by atoms with E-state index in [0.717, 1.165) is 11.3 Å². The van der Waals surface area contributed by atoms with Crippen LogP contribution in [-0.4, -0.2) is 9.78 Å². The summed E-state index contributed by atoms with van der Waals surface area (Å²) in [4.78, 5) is 0. The molecule has 0 aliphatic heterocycles. The average molecular weight is 227 g/mol. The standard InChI is InChI=1S/C10H8Cl2N2/c1-7-6-13-14(10(7)12)9-4-2-8(11)3-5-9/h2-6H,1H3. The fourth-order valence-corrected chi connectivity index (χ4v) is 1.49. The summed E-state index contributed by atoms with van der Waals surface area (Å²) in [7, 11) is 0. The Morgan fingerprint density at radius 3 is 2.29 bits per heavy atom. The van der Waals surface area contributed by atoms with Crippen molar-refractivity contribution in [3.63, 3.8) is 0 Å². The van der Waals surface area contributed by atoms with Crippen LogP contribution in [0.25, 0.3) is 5.69 Å². The molecule has 0 atom stereocenters. The van der Waals surface area contributed by atoms with Gasteiger partial charge in [0.25, 0.3) is 0 Å². The van der Waals surface area contributed by atoms with Crippen LogP contribution in [-0.2, 0) is 0 Å². The summed E-state index contributed by atoms with van der Waals surface area (Å²) in [6, 6.07) is 7.37. The molecule has 2 nitrogen and oxygen atoms in total. The Balaban J connectivity index is 2.49. The van der Waals surface area contributed by atoms with Crippen LogP contribution in [0.1, 0.15) is 5.56 Å². The van der Waals surface area contributed by atoms with Crippen molar-refractivity contribution in [3.05, 3.63) is 46.2 Å². The number of benzene rings is 1. The lowest BCUT2D eigenvalue weighted by Gasteiger charge is -2.02. The highest BCUT2D eigenvalue weighted by Crippen LogP contribution is 2.20. The Bertz CT molecular complexity index is 446. The quantitative estimate of drug-likeness (QED) is 0.729. The van der Waals surface area contributed by atoms with Gasteiger partial charge >= 0.3 is 0 Å². The van der Waals surface area contributed by atoms with E-state index in [1.807, 2.05) is 31.2 Å². The van der Waals surface area contributed by atoms with Crippen LogP contribution in [0.15, 0.2) is 30.5 Å². The Hall–Kier alpha value is -0.990. The molecule has 1 aromatic carbocycles. The van der Waals surface area contributed by atoms with Crippen molar-refractivity contribution in [1.29, 1.82) is 0 Å². The van der Waals surface area contributed by atoms with Crippen LogP contribution in [0.5, 0.6) is 0 Å². The third-order valence-corrected chi connectivity index (χ3v) is 2.66. The molecular weight excluding hydrogens is 219 g/mol. The van der Waals surface area contributed by atoms with Crippen molar-refractivity contribution in [3.8, 4) is 5.69 Å². The lowest BCUT2D eigenvalue weighted by molar-refractivity contribution is 0.881. The maximum absolute atomic E-state index is 6.05. The van der Waals surface area contributed by atoms with Crippen LogP contribution in [0.2, 0.25) is 10.2 Å². The van der Waals surface area contributed by atoms with Crippen LogP contribution in [0, 0.1) is 6.92 Å². The molecule has 0 unspecified atom stereocenters. The summed E-state index contributed by atoms with van der Waals surface area (Å²) in [5.74, 6) is 0. The van der Waals surface area contributed by atoms with Gasteiger partial charge in [-0.2, -0.15) is 5.10 Å². The summed E-state index contributed by atoms with van der Waals surface area (Å²) < 4.78 is 1.67. The predicted octanol–water partition coefficient (Wildman–Crippen LogP) is 3.49. The van der Waals surface area contributed by atoms with Gasteiger partial charge in [0.05, 0.1) is 11.9 Å². The normalized spacial score (nSPS) is 10.5. The number of nitrogens with zero attached hydrogens (tertiary/aromatic N) is 2. The van der Waals surface area contributed by atoms with Gasteiger partial charge in [0.2, 0.25) is 0 Å². The van der Waals surface area contributed by atoms with Gasteiger partial charge in [-0.05, 0) is 31.2 Å². The SMILES string of the molecule is Cc1cnn(-c2ccc(Cl)cc2)c1Cl. The van der Waals surface area contributed by atoms with Crippen molar-refractivity contribution in [2.75, 3.05) is 0 Å². The fourth-order valence-electron chi connectivity index (χ4n) is 1.18. The zero-order chi connectivity index (χ0) is 10.1. The molecule has 0 bridgehead atoms. The Morgan fingerprint density at radius 2 is 1.79 bits per heavy atom. The van der Waals surface area contributed by atoms with Crippen molar-refractivity contribution >= 4 is 23.2 Å². The summed E-state index contributed by atoms with van der Waals surface area (Å²) in [5.41, 5.74) is 1.87. The van der Waals surface area contributed by atoms with E-state index in [0.29, 0.717) is 10.2 Å². The van der Waals surface area contributed by atoms with Crippen LogP contribution >= 0.6 is 23.2 Å². The van der Waals surface area contributed by atoms with Gasteiger partial charge < -0.3 is 0 Å². The number of hydrogen-bond acceptors (Lipinski definition) is 1. The second-order valence-electron chi connectivity index (χ2n) is 3.01.